The van der Waals surface area contributed by atoms with Crippen LogP contribution >= 0.6 is 0 Å². The molecule has 4 heteroatoms. The number of carbonyl (C=O) groups excluding carboxylic acids is 1. The fourth-order valence-corrected chi connectivity index (χ4v) is 1.99. The van der Waals surface area contributed by atoms with Gasteiger partial charge in [-0.1, -0.05) is 5.92 Å². The van der Waals surface area contributed by atoms with E-state index in [1.807, 2.05) is 26.8 Å². The van der Waals surface area contributed by atoms with Gasteiger partial charge in [-0.3, -0.25) is 4.98 Å². The number of carbonyl (C=O) groups is 1. The van der Waals surface area contributed by atoms with Crippen molar-refractivity contribution in [3.8, 4) is 12.3 Å². The maximum Gasteiger partial charge on any atom is 0.410 e. The molecule has 0 fully saturated rings. The molecule has 19 heavy (non-hydrogen) atoms. The molecule has 1 amide bonds. The fourth-order valence-electron chi connectivity index (χ4n) is 1.99. The molecular weight excluding hydrogens is 240 g/mol. The molecule has 0 bridgehead atoms. The Bertz CT molecular complexity index is 538. The molecule has 0 aliphatic carbocycles. The van der Waals surface area contributed by atoms with Crippen LogP contribution in [0.5, 0.6) is 0 Å². The Morgan fingerprint density at radius 1 is 1.53 bits per heavy atom. The molecule has 1 aliphatic heterocycles. The van der Waals surface area contributed by atoms with Gasteiger partial charge in [0, 0.05) is 30.4 Å². The quantitative estimate of drug-likeness (QED) is 0.671. The maximum absolute atomic E-state index is 12.0. The summed E-state index contributed by atoms with van der Waals surface area (Å²) in [5, 5.41) is 0. The molecule has 0 radical (unpaired) electrons. The third-order valence-electron chi connectivity index (χ3n) is 2.86. The van der Waals surface area contributed by atoms with E-state index in [9.17, 15) is 4.79 Å². The van der Waals surface area contributed by atoms with E-state index in [0.29, 0.717) is 13.1 Å². The number of pyridine rings is 1. The molecule has 0 saturated carbocycles. The van der Waals surface area contributed by atoms with Gasteiger partial charge in [0.2, 0.25) is 0 Å². The second-order valence-electron chi connectivity index (χ2n) is 5.63. The van der Waals surface area contributed by atoms with Crippen molar-refractivity contribution in [2.45, 2.75) is 39.3 Å². The SMILES string of the molecule is C#Cc1cnc2c(c1)CN(C(=O)OC(C)(C)C)CC2. The van der Waals surface area contributed by atoms with Crippen molar-refractivity contribution >= 4 is 6.09 Å². The summed E-state index contributed by atoms with van der Waals surface area (Å²) in [7, 11) is 0. The number of rotatable bonds is 0. The first-order valence-electron chi connectivity index (χ1n) is 6.31. The Morgan fingerprint density at radius 2 is 2.26 bits per heavy atom. The second kappa shape index (κ2) is 4.93. The molecule has 1 aromatic heterocycles. The van der Waals surface area contributed by atoms with Gasteiger partial charge in [0.05, 0.1) is 6.54 Å². The average Bonchev–Trinajstić information content (AvgIpc) is 2.35. The fraction of sp³-hybridized carbons (Fsp3) is 0.467. The number of nitrogens with zero attached hydrogens (tertiary/aromatic N) is 2. The lowest BCUT2D eigenvalue weighted by atomic mass is 10.0. The summed E-state index contributed by atoms with van der Waals surface area (Å²) in [4.78, 5) is 18.0. The minimum Gasteiger partial charge on any atom is -0.444 e. The van der Waals surface area contributed by atoms with Crippen LogP contribution in [0.2, 0.25) is 0 Å². The lowest BCUT2D eigenvalue weighted by Gasteiger charge is -2.30. The minimum atomic E-state index is -0.476. The summed E-state index contributed by atoms with van der Waals surface area (Å²) < 4.78 is 5.38. The van der Waals surface area contributed by atoms with E-state index in [4.69, 9.17) is 11.2 Å². The van der Waals surface area contributed by atoms with Crippen LogP contribution in [0.1, 0.15) is 37.6 Å². The highest BCUT2D eigenvalue weighted by Gasteiger charge is 2.26. The third-order valence-corrected chi connectivity index (χ3v) is 2.86. The summed E-state index contributed by atoms with van der Waals surface area (Å²) in [5.74, 6) is 2.56. The van der Waals surface area contributed by atoms with Crippen molar-refractivity contribution in [1.29, 1.82) is 0 Å². The Labute approximate surface area is 113 Å². The van der Waals surface area contributed by atoms with E-state index >= 15 is 0 Å². The van der Waals surface area contributed by atoms with Crippen molar-refractivity contribution in [3.05, 3.63) is 29.1 Å². The molecule has 2 rings (SSSR count). The molecule has 1 aromatic rings. The van der Waals surface area contributed by atoms with Gasteiger partial charge in [0.1, 0.15) is 5.60 Å². The molecule has 1 aliphatic rings. The number of hydrogen-bond donors (Lipinski definition) is 0. The molecule has 0 atom stereocenters. The highest BCUT2D eigenvalue weighted by Crippen LogP contribution is 2.20. The topological polar surface area (TPSA) is 42.4 Å². The summed E-state index contributed by atoms with van der Waals surface area (Å²) in [6.07, 6.45) is 7.51. The van der Waals surface area contributed by atoms with Gasteiger partial charge in [-0.2, -0.15) is 0 Å². The van der Waals surface area contributed by atoms with Crippen molar-refractivity contribution in [2.75, 3.05) is 6.54 Å². The van der Waals surface area contributed by atoms with Crippen molar-refractivity contribution in [2.24, 2.45) is 0 Å². The van der Waals surface area contributed by atoms with Gasteiger partial charge in [-0.25, -0.2) is 4.79 Å². The molecule has 0 aromatic carbocycles. The van der Waals surface area contributed by atoms with Crippen LogP contribution in [0.25, 0.3) is 0 Å². The van der Waals surface area contributed by atoms with Gasteiger partial charge in [-0.15, -0.1) is 6.42 Å². The first-order chi connectivity index (χ1) is 8.89. The monoisotopic (exact) mass is 258 g/mol. The van der Waals surface area contributed by atoms with E-state index in [1.165, 1.54) is 0 Å². The lowest BCUT2D eigenvalue weighted by Crippen LogP contribution is -2.40. The molecule has 0 spiro atoms. The van der Waals surface area contributed by atoms with E-state index in [0.717, 1.165) is 23.2 Å². The number of fused-ring (bicyclic) bond motifs is 1. The number of terminal acetylenes is 1. The second-order valence-corrected chi connectivity index (χ2v) is 5.63. The van der Waals surface area contributed by atoms with Gasteiger partial charge in [0.25, 0.3) is 0 Å². The van der Waals surface area contributed by atoms with E-state index in [-0.39, 0.29) is 6.09 Å². The zero-order chi connectivity index (χ0) is 14.0. The Balaban J connectivity index is 2.13. The van der Waals surface area contributed by atoms with E-state index in [1.54, 1.807) is 11.1 Å². The number of amides is 1. The zero-order valence-corrected chi connectivity index (χ0v) is 11.6. The summed E-state index contributed by atoms with van der Waals surface area (Å²) in [6, 6.07) is 1.92. The third kappa shape index (κ3) is 3.25. The van der Waals surface area contributed by atoms with Gasteiger partial charge in [-0.05, 0) is 32.4 Å². The highest BCUT2D eigenvalue weighted by molar-refractivity contribution is 5.68. The van der Waals surface area contributed by atoms with Crippen LogP contribution in [-0.2, 0) is 17.7 Å². The standard InChI is InChI=1S/C15H18N2O2/c1-5-11-8-12-10-17(7-6-13(12)16-9-11)14(18)19-15(2,3)4/h1,8-9H,6-7,10H2,2-4H3. The Kier molecular flexibility index (Phi) is 3.48. The van der Waals surface area contributed by atoms with Crippen molar-refractivity contribution in [1.82, 2.24) is 9.88 Å². The predicted molar refractivity (Wildman–Crippen MR) is 72.5 cm³/mol. The Hall–Kier alpha value is -2.02. The number of aromatic nitrogens is 1. The largest absolute Gasteiger partial charge is 0.444 e. The zero-order valence-electron chi connectivity index (χ0n) is 11.6. The van der Waals surface area contributed by atoms with Crippen LogP contribution in [0, 0.1) is 12.3 Å². The summed E-state index contributed by atoms with van der Waals surface area (Å²) in [6.45, 7) is 6.72. The maximum atomic E-state index is 12.0. The number of ether oxygens (including phenoxy) is 1. The van der Waals surface area contributed by atoms with Crippen LogP contribution in [0.3, 0.4) is 0 Å². The van der Waals surface area contributed by atoms with Gasteiger partial charge in [0.15, 0.2) is 0 Å². The minimum absolute atomic E-state index is 0.288. The normalized spacial score (nSPS) is 14.5. The highest BCUT2D eigenvalue weighted by atomic mass is 16.6. The molecule has 4 nitrogen and oxygen atoms in total. The van der Waals surface area contributed by atoms with E-state index < -0.39 is 5.60 Å². The molecule has 100 valence electrons. The van der Waals surface area contributed by atoms with Gasteiger partial charge >= 0.3 is 6.09 Å². The van der Waals surface area contributed by atoms with Crippen molar-refractivity contribution < 1.29 is 9.53 Å². The lowest BCUT2D eigenvalue weighted by molar-refractivity contribution is 0.0223. The molecule has 0 saturated heterocycles. The number of hydrogen-bond acceptors (Lipinski definition) is 3. The van der Waals surface area contributed by atoms with Crippen molar-refractivity contribution in [3.63, 3.8) is 0 Å². The molecule has 0 N–H and O–H groups in total. The first kappa shape index (κ1) is 13.4. The predicted octanol–water partition coefficient (Wildman–Crippen LogP) is 2.36. The molecule has 0 unspecified atom stereocenters. The first-order valence-corrected chi connectivity index (χ1v) is 6.31. The molecule has 2 heterocycles. The van der Waals surface area contributed by atoms with Gasteiger partial charge < -0.3 is 9.64 Å². The van der Waals surface area contributed by atoms with Crippen LogP contribution in [0.4, 0.5) is 4.79 Å². The van der Waals surface area contributed by atoms with Crippen LogP contribution in [0.15, 0.2) is 12.3 Å². The molecular formula is C15H18N2O2. The summed E-state index contributed by atoms with van der Waals surface area (Å²) in [5.41, 5.74) is 2.28. The Morgan fingerprint density at radius 3 is 2.89 bits per heavy atom. The summed E-state index contributed by atoms with van der Waals surface area (Å²) >= 11 is 0. The average molecular weight is 258 g/mol. The van der Waals surface area contributed by atoms with E-state index in [2.05, 4.69) is 10.9 Å². The smallest absolute Gasteiger partial charge is 0.410 e. The van der Waals surface area contributed by atoms with Crippen LogP contribution in [-0.4, -0.2) is 28.1 Å². The van der Waals surface area contributed by atoms with Crippen LogP contribution < -0.4 is 0 Å².